The molecule has 0 spiro atoms. The van der Waals surface area contributed by atoms with Gasteiger partial charge in [0.25, 0.3) is 0 Å². The largest absolute Gasteiger partial charge is 0.352 e. The van der Waals surface area contributed by atoms with Crippen LogP contribution in [-0.4, -0.2) is 17.1 Å². The number of aromatic nitrogens is 1. The summed E-state index contributed by atoms with van der Waals surface area (Å²) < 4.78 is 0. The fourth-order valence-electron chi connectivity index (χ4n) is 1.55. The number of fused-ring (bicyclic) bond motifs is 1. The highest BCUT2D eigenvalue weighted by Gasteiger charge is 2.08. The van der Waals surface area contributed by atoms with E-state index < -0.39 is 0 Å². The molecule has 15 heavy (non-hydrogen) atoms. The van der Waals surface area contributed by atoms with Gasteiger partial charge >= 0.3 is 0 Å². The molecule has 1 aromatic carbocycles. The van der Waals surface area contributed by atoms with Gasteiger partial charge in [0.1, 0.15) is 6.29 Å². The molecular formula is C12H11NO2. The van der Waals surface area contributed by atoms with E-state index in [1.807, 2.05) is 30.3 Å². The molecule has 0 amide bonds. The lowest BCUT2D eigenvalue weighted by molar-refractivity contribution is -0.107. The Morgan fingerprint density at radius 1 is 1.33 bits per heavy atom. The summed E-state index contributed by atoms with van der Waals surface area (Å²) >= 11 is 0. The molecule has 0 saturated carbocycles. The molecule has 3 nitrogen and oxygen atoms in total. The van der Waals surface area contributed by atoms with Gasteiger partial charge in [0.2, 0.25) is 0 Å². The van der Waals surface area contributed by atoms with Gasteiger partial charge in [-0.2, -0.15) is 0 Å². The minimum Gasteiger partial charge on any atom is -0.352 e. The van der Waals surface area contributed by atoms with E-state index in [0.717, 1.165) is 17.2 Å². The van der Waals surface area contributed by atoms with Crippen LogP contribution in [0.25, 0.3) is 10.9 Å². The molecule has 3 heteroatoms. The second kappa shape index (κ2) is 4.09. The van der Waals surface area contributed by atoms with Crippen molar-refractivity contribution in [3.63, 3.8) is 0 Å². The molecular weight excluding hydrogens is 190 g/mol. The topological polar surface area (TPSA) is 49.9 Å². The number of Topliss-reactive ketones (excluding diaryl/α,β-unsaturated/α-hetero) is 1. The summed E-state index contributed by atoms with van der Waals surface area (Å²) in [6.07, 6.45) is 1.32. The third kappa shape index (κ3) is 1.96. The normalized spacial score (nSPS) is 10.4. The lowest BCUT2D eigenvalue weighted by atomic mass is 10.2. The first-order valence-electron chi connectivity index (χ1n) is 4.86. The van der Waals surface area contributed by atoms with Crippen LogP contribution >= 0.6 is 0 Å². The van der Waals surface area contributed by atoms with Crippen molar-refractivity contribution < 1.29 is 9.59 Å². The van der Waals surface area contributed by atoms with Crippen LogP contribution in [0, 0.1) is 0 Å². The third-order valence-corrected chi connectivity index (χ3v) is 2.32. The maximum atomic E-state index is 11.6. The molecule has 0 aliphatic rings. The molecule has 1 N–H and O–H groups in total. The van der Waals surface area contributed by atoms with Gasteiger partial charge in [0, 0.05) is 23.7 Å². The molecule has 76 valence electrons. The van der Waals surface area contributed by atoms with E-state index in [-0.39, 0.29) is 18.6 Å². The van der Waals surface area contributed by atoms with Gasteiger partial charge < -0.3 is 9.78 Å². The fourth-order valence-corrected chi connectivity index (χ4v) is 1.55. The Morgan fingerprint density at radius 2 is 2.13 bits per heavy atom. The number of hydrogen-bond donors (Lipinski definition) is 1. The van der Waals surface area contributed by atoms with Crippen LogP contribution < -0.4 is 0 Å². The number of benzene rings is 1. The van der Waals surface area contributed by atoms with Gasteiger partial charge in [-0.05, 0) is 12.1 Å². The molecule has 1 heterocycles. The number of rotatable bonds is 4. The van der Waals surface area contributed by atoms with Crippen LogP contribution in [0.3, 0.4) is 0 Å². The van der Waals surface area contributed by atoms with E-state index in [1.54, 1.807) is 0 Å². The van der Waals surface area contributed by atoms with E-state index in [9.17, 15) is 9.59 Å². The number of aldehydes is 1. The third-order valence-electron chi connectivity index (χ3n) is 2.32. The Kier molecular flexibility index (Phi) is 2.63. The molecule has 0 atom stereocenters. The van der Waals surface area contributed by atoms with E-state index in [2.05, 4.69) is 4.98 Å². The molecule has 0 radical (unpaired) electrons. The molecule has 2 aromatic rings. The number of para-hydroxylation sites is 1. The van der Waals surface area contributed by atoms with Crippen LogP contribution in [0.5, 0.6) is 0 Å². The molecule has 0 bridgehead atoms. The highest BCUT2D eigenvalue weighted by atomic mass is 16.1. The molecule has 2 rings (SSSR count). The number of ketones is 1. The van der Waals surface area contributed by atoms with Gasteiger partial charge in [0.15, 0.2) is 5.78 Å². The maximum absolute atomic E-state index is 11.6. The monoisotopic (exact) mass is 201 g/mol. The van der Waals surface area contributed by atoms with Crippen molar-refractivity contribution in [3.8, 4) is 0 Å². The van der Waals surface area contributed by atoms with Crippen molar-refractivity contribution in [2.75, 3.05) is 0 Å². The van der Waals surface area contributed by atoms with E-state index in [4.69, 9.17) is 0 Å². The van der Waals surface area contributed by atoms with Gasteiger partial charge in [-0.15, -0.1) is 0 Å². The SMILES string of the molecule is O=CCCC(=O)c1cc2ccccc2[nH]1. The quantitative estimate of drug-likeness (QED) is 0.609. The highest BCUT2D eigenvalue weighted by molar-refractivity contribution is 5.99. The molecule has 0 unspecified atom stereocenters. The smallest absolute Gasteiger partial charge is 0.179 e. The number of hydrogen-bond acceptors (Lipinski definition) is 2. The average Bonchev–Trinajstić information content (AvgIpc) is 2.69. The Hall–Kier alpha value is -1.90. The van der Waals surface area contributed by atoms with Crippen molar-refractivity contribution in [3.05, 3.63) is 36.0 Å². The number of carbonyl (C=O) groups is 2. The molecule has 0 aliphatic heterocycles. The summed E-state index contributed by atoms with van der Waals surface area (Å²) in [5.41, 5.74) is 1.53. The zero-order valence-corrected chi connectivity index (χ0v) is 8.19. The van der Waals surface area contributed by atoms with Crippen LogP contribution in [0.15, 0.2) is 30.3 Å². The Labute approximate surface area is 87.1 Å². The number of carbonyl (C=O) groups excluding carboxylic acids is 2. The zero-order chi connectivity index (χ0) is 10.7. The first kappa shape index (κ1) is 9.65. The van der Waals surface area contributed by atoms with Gasteiger partial charge in [-0.1, -0.05) is 18.2 Å². The lowest BCUT2D eigenvalue weighted by Crippen LogP contribution is -1.98. The molecule has 0 fully saturated rings. The van der Waals surface area contributed by atoms with Crippen LogP contribution in [0.4, 0.5) is 0 Å². The number of H-pyrrole nitrogens is 1. The van der Waals surface area contributed by atoms with Crippen molar-refractivity contribution in [2.45, 2.75) is 12.8 Å². The number of aromatic amines is 1. The van der Waals surface area contributed by atoms with Crippen LogP contribution in [-0.2, 0) is 4.79 Å². The van der Waals surface area contributed by atoms with Crippen LogP contribution in [0.2, 0.25) is 0 Å². The fraction of sp³-hybridized carbons (Fsp3) is 0.167. The van der Waals surface area contributed by atoms with Crippen molar-refractivity contribution >= 4 is 23.0 Å². The summed E-state index contributed by atoms with van der Waals surface area (Å²) in [5, 5.41) is 1.02. The van der Waals surface area contributed by atoms with E-state index in [1.165, 1.54) is 0 Å². The predicted molar refractivity (Wildman–Crippen MR) is 57.9 cm³/mol. The first-order valence-corrected chi connectivity index (χ1v) is 4.86. The summed E-state index contributed by atoms with van der Waals surface area (Å²) in [7, 11) is 0. The van der Waals surface area contributed by atoms with E-state index >= 15 is 0 Å². The minimum absolute atomic E-state index is 0.0155. The summed E-state index contributed by atoms with van der Waals surface area (Å²) in [5.74, 6) is -0.0155. The van der Waals surface area contributed by atoms with Crippen molar-refractivity contribution in [1.82, 2.24) is 4.98 Å². The summed E-state index contributed by atoms with van der Waals surface area (Å²) in [4.78, 5) is 24.8. The molecule has 0 aliphatic carbocycles. The lowest BCUT2D eigenvalue weighted by Gasteiger charge is -1.92. The second-order valence-electron chi connectivity index (χ2n) is 3.40. The molecule has 0 saturated heterocycles. The van der Waals surface area contributed by atoms with Gasteiger partial charge in [0.05, 0.1) is 5.69 Å². The summed E-state index contributed by atoms with van der Waals surface area (Å²) in [6.45, 7) is 0. The van der Waals surface area contributed by atoms with Crippen molar-refractivity contribution in [1.29, 1.82) is 0 Å². The first-order chi connectivity index (χ1) is 7.31. The minimum atomic E-state index is -0.0155. The number of nitrogens with one attached hydrogen (secondary N) is 1. The van der Waals surface area contributed by atoms with Gasteiger partial charge in [-0.3, -0.25) is 4.79 Å². The van der Waals surface area contributed by atoms with Crippen molar-refractivity contribution in [2.24, 2.45) is 0 Å². The summed E-state index contributed by atoms with van der Waals surface area (Å²) in [6, 6.07) is 9.53. The predicted octanol–water partition coefficient (Wildman–Crippen LogP) is 2.33. The standard InChI is InChI=1S/C12H11NO2/c14-7-3-6-12(15)11-8-9-4-1-2-5-10(9)13-11/h1-2,4-5,7-8,13H,3,6H2. The van der Waals surface area contributed by atoms with Crippen LogP contribution in [0.1, 0.15) is 23.3 Å². The Morgan fingerprint density at radius 3 is 2.87 bits per heavy atom. The van der Waals surface area contributed by atoms with E-state index in [0.29, 0.717) is 5.69 Å². The average molecular weight is 201 g/mol. The second-order valence-corrected chi connectivity index (χ2v) is 3.40. The van der Waals surface area contributed by atoms with Gasteiger partial charge in [-0.25, -0.2) is 0 Å². The Balaban J connectivity index is 2.28. The Bertz CT molecular complexity index is 466. The maximum Gasteiger partial charge on any atom is 0.179 e. The highest BCUT2D eigenvalue weighted by Crippen LogP contribution is 2.15. The zero-order valence-electron chi connectivity index (χ0n) is 8.19. The molecule has 1 aromatic heterocycles.